The lowest BCUT2D eigenvalue weighted by molar-refractivity contribution is -0.119. The first-order chi connectivity index (χ1) is 7.69. The first-order valence-electron chi connectivity index (χ1n) is 5.74. The highest BCUT2D eigenvalue weighted by molar-refractivity contribution is 5.78. The number of rotatable bonds is 4. The van der Waals surface area contributed by atoms with Gasteiger partial charge in [0.2, 0.25) is 5.91 Å². The summed E-state index contributed by atoms with van der Waals surface area (Å²) >= 11 is 0. The van der Waals surface area contributed by atoms with Crippen LogP contribution in [-0.2, 0) is 11.3 Å². The number of carbonyl (C=O) groups excluding carboxylic acids is 1. The number of nitrogens with zero attached hydrogens (tertiary/aromatic N) is 2. The molecular formula is C11H18N4O. The molecule has 0 radical (unpaired) electrons. The molecule has 1 fully saturated rings. The van der Waals surface area contributed by atoms with Gasteiger partial charge in [0.25, 0.3) is 0 Å². The van der Waals surface area contributed by atoms with Crippen LogP contribution in [0.5, 0.6) is 0 Å². The van der Waals surface area contributed by atoms with Gasteiger partial charge < -0.3 is 10.6 Å². The molecule has 0 aromatic carbocycles. The molecule has 2 unspecified atom stereocenters. The van der Waals surface area contributed by atoms with Crippen LogP contribution in [0.4, 0.5) is 0 Å². The Bertz CT molecular complexity index is 374. The van der Waals surface area contributed by atoms with Gasteiger partial charge in [-0.2, -0.15) is 5.10 Å². The van der Waals surface area contributed by atoms with Crippen molar-refractivity contribution in [3.8, 4) is 0 Å². The minimum atomic E-state index is 0.133. The Morgan fingerprint density at radius 2 is 2.56 bits per heavy atom. The summed E-state index contributed by atoms with van der Waals surface area (Å²) in [7, 11) is 0. The van der Waals surface area contributed by atoms with Gasteiger partial charge in [-0.15, -0.1) is 0 Å². The predicted octanol–water partition coefficient (Wildman–Crippen LogP) is 0.442. The van der Waals surface area contributed by atoms with Gasteiger partial charge in [0.05, 0.1) is 6.20 Å². The molecule has 0 bridgehead atoms. The van der Waals surface area contributed by atoms with Crippen molar-refractivity contribution in [1.82, 2.24) is 20.4 Å². The van der Waals surface area contributed by atoms with E-state index in [1.807, 2.05) is 17.1 Å². The number of carbonyl (C=O) groups is 1. The molecular weight excluding hydrogens is 204 g/mol. The lowest BCUT2D eigenvalue weighted by Crippen LogP contribution is -2.33. The predicted molar refractivity (Wildman–Crippen MR) is 60.9 cm³/mol. The van der Waals surface area contributed by atoms with Crippen LogP contribution in [0.15, 0.2) is 12.4 Å². The third-order valence-corrected chi connectivity index (χ3v) is 2.94. The maximum atomic E-state index is 11.1. The summed E-state index contributed by atoms with van der Waals surface area (Å²) in [5.41, 5.74) is 1.17. The number of aromatic nitrogens is 2. The number of hydrogen-bond acceptors (Lipinski definition) is 3. The normalized spacial score (nSPS) is 22.1. The Kier molecular flexibility index (Phi) is 3.24. The number of aryl methyl sites for hydroxylation is 1. The minimum Gasteiger partial charge on any atom is -0.354 e. The van der Waals surface area contributed by atoms with Crippen LogP contribution in [0, 0.1) is 0 Å². The third-order valence-electron chi connectivity index (χ3n) is 2.94. The lowest BCUT2D eigenvalue weighted by atomic mass is 10.1. The maximum absolute atomic E-state index is 11.1. The Morgan fingerprint density at radius 3 is 3.12 bits per heavy atom. The van der Waals surface area contributed by atoms with E-state index >= 15 is 0 Å². The van der Waals surface area contributed by atoms with Crippen LogP contribution in [0.25, 0.3) is 0 Å². The number of nitrogens with one attached hydrogen (secondary N) is 2. The van der Waals surface area contributed by atoms with Crippen molar-refractivity contribution in [3.63, 3.8) is 0 Å². The molecule has 16 heavy (non-hydrogen) atoms. The van der Waals surface area contributed by atoms with Crippen molar-refractivity contribution in [2.24, 2.45) is 0 Å². The Balaban J connectivity index is 1.92. The van der Waals surface area contributed by atoms with Gasteiger partial charge in [-0.1, -0.05) is 0 Å². The second-order valence-electron chi connectivity index (χ2n) is 4.22. The van der Waals surface area contributed by atoms with Gasteiger partial charge in [-0.05, 0) is 13.8 Å². The fraction of sp³-hybridized carbons (Fsp3) is 0.636. The fourth-order valence-corrected chi connectivity index (χ4v) is 1.95. The molecule has 88 valence electrons. The van der Waals surface area contributed by atoms with Gasteiger partial charge in [-0.25, -0.2) is 0 Å². The standard InChI is InChI=1S/C11H18N4O/c1-3-15-7-9(5-13-15)8(2)14-10-4-11(16)12-6-10/h5,7-8,10,14H,3-4,6H2,1-2H3,(H,12,16). The third kappa shape index (κ3) is 2.41. The van der Waals surface area contributed by atoms with Gasteiger partial charge in [0.15, 0.2) is 0 Å². The molecule has 1 aromatic heterocycles. The van der Waals surface area contributed by atoms with E-state index in [-0.39, 0.29) is 18.0 Å². The Hall–Kier alpha value is -1.36. The van der Waals surface area contributed by atoms with Gasteiger partial charge in [0, 0.05) is 43.4 Å². The molecule has 1 aliphatic rings. The highest BCUT2D eigenvalue weighted by Crippen LogP contribution is 2.13. The Labute approximate surface area is 95.2 Å². The van der Waals surface area contributed by atoms with Crippen LogP contribution < -0.4 is 10.6 Å². The quantitative estimate of drug-likeness (QED) is 0.777. The van der Waals surface area contributed by atoms with Crippen LogP contribution >= 0.6 is 0 Å². The van der Waals surface area contributed by atoms with Crippen LogP contribution in [-0.4, -0.2) is 28.3 Å². The van der Waals surface area contributed by atoms with E-state index in [0.717, 1.165) is 13.1 Å². The van der Waals surface area contributed by atoms with Gasteiger partial charge in [0.1, 0.15) is 0 Å². The van der Waals surface area contributed by atoms with E-state index in [9.17, 15) is 4.79 Å². The maximum Gasteiger partial charge on any atom is 0.221 e. The molecule has 0 spiro atoms. The molecule has 2 N–H and O–H groups in total. The van der Waals surface area contributed by atoms with Gasteiger partial charge >= 0.3 is 0 Å². The SMILES string of the molecule is CCn1cc(C(C)NC2CNC(=O)C2)cn1. The van der Waals surface area contributed by atoms with E-state index in [1.54, 1.807) is 0 Å². The number of hydrogen-bond donors (Lipinski definition) is 2. The second kappa shape index (κ2) is 4.65. The van der Waals surface area contributed by atoms with Crippen molar-refractivity contribution in [2.75, 3.05) is 6.54 Å². The molecule has 5 nitrogen and oxygen atoms in total. The molecule has 2 heterocycles. The van der Waals surface area contributed by atoms with Crippen LogP contribution in [0.3, 0.4) is 0 Å². The van der Waals surface area contributed by atoms with Crippen molar-refractivity contribution in [2.45, 2.75) is 38.9 Å². The summed E-state index contributed by atoms with van der Waals surface area (Å²) in [5, 5.41) is 10.5. The zero-order chi connectivity index (χ0) is 11.5. The molecule has 5 heteroatoms. The second-order valence-corrected chi connectivity index (χ2v) is 4.22. The van der Waals surface area contributed by atoms with E-state index in [4.69, 9.17) is 0 Å². The molecule has 0 saturated carbocycles. The molecule has 2 rings (SSSR count). The van der Waals surface area contributed by atoms with Crippen molar-refractivity contribution >= 4 is 5.91 Å². The molecule has 1 amide bonds. The average molecular weight is 222 g/mol. The molecule has 1 aromatic rings. The first-order valence-corrected chi connectivity index (χ1v) is 5.74. The highest BCUT2D eigenvalue weighted by atomic mass is 16.1. The average Bonchev–Trinajstić information content (AvgIpc) is 2.87. The van der Waals surface area contributed by atoms with Crippen LogP contribution in [0.1, 0.15) is 31.9 Å². The smallest absolute Gasteiger partial charge is 0.221 e. The zero-order valence-corrected chi connectivity index (χ0v) is 9.73. The van der Waals surface area contributed by atoms with E-state index in [1.165, 1.54) is 5.56 Å². The van der Waals surface area contributed by atoms with Crippen molar-refractivity contribution < 1.29 is 4.79 Å². The summed E-state index contributed by atoms with van der Waals surface area (Å²) in [6, 6.07) is 0.477. The summed E-state index contributed by atoms with van der Waals surface area (Å²) in [4.78, 5) is 11.1. The topological polar surface area (TPSA) is 59.0 Å². The molecule has 2 atom stereocenters. The molecule has 1 aliphatic heterocycles. The largest absolute Gasteiger partial charge is 0.354 e. The van der Waals surface area contributed by atoms with Crippen molar-refractivity contribution in [1.29, 1.82) is 0 Å². The fourth-order valence-electron chi connectivity index (χ4n) is 1.95. The zero-order valence-electron chi connectivity index (χ0n) is 9.73. The van der Waals surface area contributed by atoms with E-state index in [0.29, 0.717) is 6.42 Å². The summed E-state index contributed by atoms with van der Waals surface area (Å²) < 4.78 is 1.91. The van der Waals surface area contributed by atoms with Gasteiger partial charge in [-0.3, -0.25) is 9.48 Å². The van der Waals surface area contributed by atoms with Crippen LogP contribution in [0.2, 0.25) is 0 Å². The summed E-state index contributed by atoms with van der Waals surface area (Å²) in [6.07, 6.45) is 4.50. The highest BCUT2D eigenvalue weighted by Gasteiger charge is 2.23. The number of amides is 1. The van der Waals surface area contributed by atoms with E-state index in [2.05, 4.69) is 29.6 Å². The monoisotopic (exact) mass is 222 g/mol. The first kappa shape index (κ1) is 11.1. The minimum absolute atomic E-state index is 0.133. The lowest BCUT2D eigenvalue weighted by Gasteiger charge is -2.16. The van der Waals surface area contributed by atoms with E-state index < -0.39 is 0 Å². The molecule has 0 aliphatic carbocycles. The summed E-state index contributed by atoms with van der Waals surface area (Å²) in [6.45, 7) is 5.77. The molecule has 1 saturated heterocycles. The Morgan fingerprint density at radius 1 is 1.75 bits per heavy atom. The van der Waals surface area contributed by atoms with Crippen molar-refractivity contribution in [3.05, 3.63) is 18.0 Å². The summed E-state index contributed by atoms with van der Waals surface area (Å²) in [5.74, 6) is 0.133.